The van der Waals surface area contributed by atoms with Crippen molar-refractivity contribution >= 4 is 12.2 Å². The third-order valence-electron chi connectivity index (χ3n) is 3.42. The van der Waals surface area contributed by atoms with Crippen LogP contribution in [-0.2, 0) is 22.6 Å². The molecule has 0 aliphatic carbocycles. The van der Waals surface area contributed by atoms with Gasteiger partial charge in [-0.05, 0) is 17.5 Å². The lowest BCUT2D eigenvalue weighted by atomic mass is 9.93. The van der Waals surface area contributed by atoms with Crippen molar-refractivity contribution in [2.45, 2.75) is 31.8 Å². The fraction of sp³-hybridized carbons (Fsp3) is 0.429. The zero-order valence-electron chi connectivity index (χ0n) is 10.3. The molecule has 1 aliphatic heterocycles. The number of fused-ring (bicyclic) bond motifs is 1. The summed E-state index contributed by atoms with van der Waals surface area (Å²) in [5.41, 5.74) is 8.21. The van der Waals surface area contributed by atoms with Crippen molar-refractivity contribution in [2.75, 3.05) is 6.54 Å². The molecule has 2 N–H and O–H groups in total. The fourth-order valence-electron chi connectivity index (χ4n) is 2.42. The van der Waals surface area contributed by atoms with Crippen molar-refractivity contribution in [2.24, 2.45) is 5.73 Å². The number of nitrogens with zero attached hydrogens (tertiary/aromatic N) is 1. The van der Waals surface area contributed by atoms with Crippen LogP contribution in [0.15, 0.2) is 24.3 Å². The van der Waals surface area contributed by atoms with Crippen LogP contribution in [0.25, 0.3) is 0 Å². The van der Waals surface area contributed by atoms with Crippen LogP contribution >= 0.6 is 0 Å². The maximum atomic E-state index is 12.0. The highest BCUT2D eigenvalue weighted by molar-refractivity contribution is 5.79. The molecule has 1 atom stereocenters. The van der Waals surface area contributed by atoms with Crippen LogP contribution in [0, 0.1) is 0 Å². The second kappa shape index (κ2) is 5.78. The Morgan fingerprint density at radius 3 is 2.78 bits per heavy atom. The van der Waals surface area contributed by atoms with Gasteiger partial charge in [0.05, 0.1) is 0 Å². The average Bonchev–Trinajstić information content (AvgIpc) is 2.43. The zero-order chi connectivity index (χ0) is 13.0. The molecule has 0 radical (unpaired) electrons. The molecule has 1 aromatic carbocycles. The molecule has 1 aliphatic rings. The lowest BCUT2D eigenvalue weighted by Crippen LogP contribution is -2.48. The highest BCUT2D eigenvalue weighted by Crippen LogP contribution is 2.23. The first-order valence-electron chi connectivity index (χ1n) is 6.26. The number of rotatable bonds is 4. The van der Waals surface area contributed by atoms with E-state index in [2.05, 4.69) is 6.07 Å². The monoisotopic (exact) mass is 246 g/mol. The van der Waals surface area contributed by atoms with Crippen molar-refractivity contribution in [3.63, 3.8) is 0 Å². The number of nitrogens with two attached hydrogens (primary N) is 1. The van der Waals surface area contributed by atoms with E-state index in [4.69, 9.17) is 5.73 Å². The molecule has 0 saturated heterocycles. The number of aldehydes is 1. The predicted octanol–water partition coefficient (Wildman–Crippen LogP) is 0.878. The van der Waals surface area contributed by atoms with Crippen molar-refractivity contribution in [1.82, 2.24) is 4.90 Å². The van der Waals surface area contributed by atoms with Crippen molar-refractivity contribution < 1.29 is 9.59 Å². The molecule has 0 saturated carbocycles. The third-order valence-corrected chi connectivity index (χ3v) is 3.42. The summed E-state index contributed by atoms with van der Waals surface area (Å²) in [5, 5.41) is 0. The SMILES string of the molecule is NCC1Cc2ccccc2CN1C(=O)CCC=O. The summed E-state index contributed by atoms with van der Waals surface area (Å²) < 4.78 is 0. The van der Waals surface area contributed by atoms with E-state index in [1.54, 1.807) is 0 Å². The van der Waals surface area contributed by atoms with Gasteiger partial charge in [0.1, 0.15) is 6.29 Å². The summed E-state index contributed by atoms with van der Waals surface area (Å²) in [6.07, 6.45) is 2.16. The Balaban J connectivity index is 2.15. The van der Waals surface area contributed by atoms with Gasteiger partial charge in [0.15, 0.2) is 0 Å². The van der Waals surface area contributed by atoms with Crippen LogP contribution in [-0.4, -0.2) is 29.7 Å². The maximum absolute atomic E-state index is 12.0. The van der Waals surface area contributed by atoms with Crippen molar-refractivity contribution in [1.29, 1.82) is 0 Å². The van der Waals surface area contributed by atoms with E-state index < -0.39 is 0 Å². The Labute approximate surface area is 107 Å². The summed E-state index contributed by atoms with van der Waals surface area (Å²) in [4.78, 5) is 24.2. The summed E-state index contributed by atoms with van der Waals surface area (Å²) in [5.74, 6) is 0.0204. The topological polar surface area (TPSA) is 63.4 Å². The van der Waals surface area contributed by atoms with E-state index >= 15 is 0 Å². The van der Waals surface area contributed by atoms with E-state index in [1.165, 1.54) is 11.1 Å². The van der Waals surface area contributed by atoms with Gasteiger partial charge in [-0.25, -0.2) is 0 Å². The van der Waals surface area contributed by atoms with Crippen molar-refractivity contribution in [3.05, 3.63) is 35.4 Å². The molecule has 18 heavy (non-hydrogen) atoms. The summed E-state index contributed by atoms with van der Waals surface area (Å²) in [6, 6.07) is 8.18. The Morgan fingerprint density at radius 2 is 2.11 bits per heavy atom. The normalized spacial score (nSPS) is 18.3. The van der Waals surface area contributed by atoms with Gasteiger partial charge in [-0.15, -0.1) is 0 Å². The molecule has 4 nitrogen and oxygen atoms in total. The Morgan fingerprint density at radius 1 is 1.39 bits per heavy atom. The molecule has 96 valence electrons. The first-order valence-corrected chi connectivity index (χ1v) is 6.26. The minimum atomic E-state index is 0.0204. The van der Waals surface area contributed by atoms with E-state index in [-0.39, 0.29) is 24.8 Å². The number of carbonyl (C=O) groups excluding carboxylic acids is 2. The molecule has 0 spiro atoms. The largest absolute Gasteiger partial charge is 0.334 e. The summed E-state index contributed by atoms with van der Waals surface area (Å²) >= 11 is 0. The molecule has 1 amide bonds. The van der Waals surface area contributed by atoms with Crippen LogP contribution in [0.1, 0.15) is 24.0 Å². The van der Waals surface area contributed by atoms with Crippen LogP contribution < -0.4 is 5.73 Å². The van der Waals surface area contributed by atoms with E-state index in [0.717, 1.165) is 12.7 Å². The molecule has 0 bridgehead atoms. The van der Waals surface area contributed by atoms with Crippen LogP contribution in [0.4, 0.5) is 0 Å². The van der Waals surface area contributed by atoms with Gasteiger partial charge in [-0.3, -0.25) is 4.79 Å². The first-order chi connectivity index (χ1) is 8.76. The predicted molar refractivity (Wildman–Crippen MR) is 68.8 cm³/mol. The first kappa shape index (κ1) is 12.8. The Kier molecular flexibility index (Phi) is 4.10. The molecule has 0 aromatic heterocycles. The Hall–Kier alpha value is -1.68. The van der Waals surface area contributed by atoms with Gasteiger partial charge >= 0.3 is 0 Å². The molecule has 0 fully saturated rings. The second-order valence-electron chi connectivity index (χ2n) is 4.59. The maximum Gasteiger partial charge on any atom is 0.223 e. The lowest BCUT2D eigenvalue weighted by Gasteiger charge is -2.36. The van der Waals surface area contributed by atoms with Crippen LogP contribution in [0.2, 0.25) is 0 Å². The standard InChI is InChI=1S/C14H18N2O2/c15-9-13-8-11-4-1-2-5-12(11)10-16(13)14(18)6-3-7-17/h1-2,4-5,7,13H,3,6,8-10,15H2. The number of carbonyl (C=O) groups is 2. The molecule has 1 aromatic rings. The fourth-order valence-corrected chi connectivity index (χ4v) is 2.42. The van der Waals surface area contributed by atoms with Crippen LogP contribution in [0.5, 0.6) is 0 Å². The summed E-state index contributed by atoms with van der Waals surface area (Å²) in [6.45, 7) is 1.07. The van der Waals surface area contributed by atoms with E-state index in [1.807, 2.05) is 23.1 Å². The van der Waals surface area contributed by atoms with Gasteiger partial charge < -0.3 is 15.4 Å². The van der Waals surface area contributed by atoms with E-state index in [0.29, 0.717) is 13.1 Å². The molecule has 1 heterocycles. The van der Waals surface area contributed by atoms with Crippen LogP contribution in [0.3, 0.4) is 0 Å². The molecule has 2 rings (SSSR count). The zero-order valence-corrected chi connectivity index (χ0v) is 10.3. The minimum Gasteiger partial charge on any atom is -0.334 e. The van der Waals surface area contributed by atoms with Gasteiger partial charge in [0.25, 0.3) is 0 Å². The number of hydrogen-bond acceptors (Lipinski definition) is 3. The molecular weight excluding hydrogens is 228 g/mol. The molecular formula is C14H18N2O2. The quantitative estimate of drug-likeness (QED) is 0.802. The van der Waals surface area contributed by atoms with Gasteiger partial charge in [-0.2, -0.15) is 0 Å². The number of amides is 1. The van der Waals surface area contributed by atoms with Gasteiger partial charge in [0, 0.05) is 32.0 Å². The second-order valence-corrected chi connectivity index (χ2v) is 4.59. The number of hydrogen-bond donors (Lipinski definition) is 1. The van der Waals surface area contributed by atoms with Gasteiger partial charge in [-0.1, -0.05) is 24.3 Å². The summed E-state index contributed by atoms with van der Waals surface area (Å²) in [7, 11) is 0. The lowest BCUT2D eigenvalue weighted by molar-refractivity contribution is -0.135. The minimum absolute atomic E-state index is 0.0204. The molecule has 4 heteroatoms. The Bertz CT molecular complexity index is 445. The van der Waals surface area contributed by atoms with E-state index in [9.17, 15) is 9.59 Å². The van der Waals surface area contributed by atoms with Gasteiger partial charge in [0.2, 0.25) is 5.91 Å². The highest BCUT2D eigenvalue weighted by atomic mass is 16.2. The van der Waals surface area contributed by atoms with Crippen molar-refractivity contribution in [3.8, 4) is 0 Å². The molecule has 1 unspecified atom stereocenters. The third kappa shape index (κ3) is 2.59. The average molecular weight is 246 g/mol. The highest BCUT2D eigenvalue weighted by Gasteiger charge is 2.27. The smallest absolute Gasteiger partial charge is 0.223 e. The number of benzene rings is 1.